The Bertz CT molecular complexity index is 1040. The van der Waals surface area contributed by atoms with Crippen molar-refractivity contribution < 1.29 is 18.0 Å². The molecule has 0 spiro atoms. The molecule has 2 aromatic rings. The van der Waals surface area contributed by atoms with Crippen molar-refractivity contribution in [3.63, 3.8) is 0 Å². The van der Waals surface area contributed by atoms with Crippen molar-refractivity contribution in [3.8, 4) is 0 Å². The first kappa shape index (κ1) is 18.7. The number of guanidine groups is 1. The zero-order valence-electron chi connectivity index (χ0n) is 16.1. The van der Waals surface area contributed by atoms with E-state index in [1.807, 2.05) is 30.3 Å². The van der Waals surface area contributed by atoms with Crippen molar-refractivity contribution in [2.24, 2.45) is 4.99 Å². The smallest absolute Gasteiger partial charge is 0.361 e. The highest BCUT2D eigenvalue weighted by Gasteiger charge is 2.43. The maximum absolute atomic E-state index is 13.3. The minimum absolute atomic E-state index is 0.125. The molecule has 154 valence electrons. The van der Waals surface area contributed by atoms with Gasteiger partial charge >= 0.3 is 6.18 Å². The minimum atomic E-state index is -4.38. The van der Waals surface area contributed by atoms with Gasteiger partial charge in [-0.15, -0.1) is 0 Å². The number of nitrogens with zero attached hydrogens (tertiary/aromatic N) is 4. The molecule has 5 nitrogen and oxygen atoms in total. The number of aliphatic imine (C=N–C) groups is 1. The molecular weight excluding hydrogens is 393 g/mol. The number of alkyl halides is 3. The van der Waals surface area contributed by atoms with Gasteiger partial charge < -0.3 is 9.80 Å². The zero-order chi connectivity index (χ0) is 20.9. The summed E-state index contributed by atoms with van der Waals surface area (Å²) in [6.07, 6.45) is -4.38. The van der Waals surface area contributed by atoms with Gasteiger partial charge in [0.2, 0.25) is 5.96 Å². The Hall–Kier alpha value is -3.29. The van der Waals surface area contributed by atoms with Gasteiger partial charge in [-0.2, -0.15) is 13.2 Å². The average Bonchev–Trinajstić information content (AvgIpc) is 3.39. The summed E-state index contributed by atoms with van der Waals surface area (Å²) in [6.45, 7) is 2.62. The summed E-state index contributed by atoms with van der Waals surface area (Å²) in [6, 6.07) is 14.9. The fourth-order valence-corrected chi connectivity index (χ4v) is 4.18. The third kappa shape index (κ3) is 3.12. The highest BCUT2D eigenvalue weighted by atomic mass is 19.4. The highest BCUT2D eigenvalue weighted by molar-refractivity contribution is 6.10. The highest BCUT2D eigenvalue weighted by Crippen LogP contribution is 2.34. The van der Waals surface area contributed by atoms with Crippen LogP contribution in [0, 0.1) is 0 Å². The van der Waals surface area contributed by atoms with Gasteiger partial charge in [0.25, 0.3) is 5.91 Å². The fraction of sp³-hybridized carbons (Fsp3) is 0.273. The number of halogens is 3. The SMILES string of the molecule is O=C1C2=C(CN(c3ccccc3)C2)N2CCN=C2N1Cc1ccc(C(F)(F)F)cc1. The molecular formula is C22H19F3N4O. The summed E-state index contributed by atoms with van der Waals surface area (Å²) in [7, 11) is 0. The van der Waals surface area contributed by atoms with Gasteiger partial charge in [0.05, 0.1) is 43.0 Å². The monoisotopic (exact) mass is 412 g/mol. The number of hydrogen-bond acceptors (Lipinski definition) is 4. The molecule has 0 saturated carbocycles. The predicted octanol–water partition coefficient (Wildman–Crippen LogP) is 3.49. The van der Waals surface area contributed by atoms with Crippen LogP contribution in [0.4, 0.5) is 18.9 Å². The van der Waals surface area contributed by atoms with Crippen LogP contribution in [-0.4, -0.2) is 47.8 Å². The Morgan fingerprint density at radius 3 is 2.40 bits per heavy atom. The van der Waals surface area contributed by atoms with Gasteiger partial charge in [0.1, 0.15) is 0 Å². The molecule has 8 heteroatoms. The standard InChI is InChI=1S/C22H19F3N4O/c23-22(24,25)16-8-6-15(7-9-16)12-29-20(30)18-13-27(17-4-2-1-3-5-17)14-19(18)28-11-10-26-21(28)29/h1-9H,10-14H2. The first-order chi connectivity index (χ1) is 14.4. The van der Waals surface area contributed by atoms with Crippen LogP contribution in [0.15, 0.2) is 70.9 Å². The molecule has 0 atom stereocenters. The second-order valence-corrected chi connectivity index (χ2v) is 7.54. The Morgan fingerprint density at radius 1 is 0.967 bits per heavy atom. The molecule has 3 aliphatic heterocycles. The Morgan fingerprint density at radius 2 is 1.70 bits per heavy atom. The molecule has 1 amide bonds. The van der Waals surface area contributed by atoms with Crippen molar-refractivity contribution in [2.45, 2.75) is 12.7 Å². The van der Waals surface area contributed by atoms with Crippen LogP contribution in [0.3, 0.4) is 0 Å². The van der Waals surface area contributed by atoms with Gasteiger partial charge in [-0.05, 0) is 29.8 Å². The van der Waals surface area contributed by atoms with Crippen molar-refractivity contribution in [1.29, 1.82) is 0 Å². The normalized spacial score (nSPS) is 18.7. The van der Waals surface area contributed by atoms with Crippen molar-refractivity contribution in [1.82, 2.24) is 9.80 Å². The van der Waals surface area contributed by atoms with Crippen LogP contribution in [0.1, 0.15) is 11.1 Å². The van der Waals surface area contributed by atoms with Crippen LogP contribution < -0.4 is 4.90 Å². The third-order valence-electron chi connectivity index (χ3n) is 5.67. The lowest BCUT2D eigenvalue weighted by atomic mass is 10.1. The van der Waals surface area contributed by atoms with Crippen LogP contribution in [0.2, 0.25) is 0 Å². The molecule has 2 aromatic carbocycles. The average molecular weight is 412 g/mol. The topological polar surface area (TPSA) is 39.2 Å². The second-order valence-electron chi connectivity index (χ2n) is 7.54. The number of hydrogen-bond donors (Lipinski definition) is 0. The molecule has 0 saturated heterocycles. The molecule has 30 heavy (non-hydrogen) atoms. The van der Waals surface area contributed by atoms with Crippen molar-refractivity contribution >= 4 is 17.6 Å². The first-order valence-corrected chi connectivity index (χ1v) is 9.74. The lowest BCUT2D eigenvalue weighted by Gasteiger charge is -2.35. The van der Waals surface area contributed by atoms with Crippen molar-refractivity contribution in [3.05, 3.63) is 77.0 Å². The molecule has 0 fully saturated rings. The number of para-hydroxylation sites is 1. The van der Waals surface area contributed by atoms with E-state index in [4.69, 9.17) is 0 Å². The van der Waals surface area contributed by atoms with E-state index in [1.54, 1.807) is 4.90 Å². The Kier molecular flexibility index (Phi) is 4.30. The Labute approximate surface area is 171 Å². The van der Waals surface area contributed by atoms with E-state index in [-0.39, 0.29) is 12.5 Å². The largest absolute Gasteiger partial charge is 0.416 e. The van der Waals surface area contributed by atoms with E-state index in [0.717, 1.165) is 29.1 Å². The van der Waals surface area contributed by atoms with Crippen LogP contribution >= 0.6 is 0 Å². The van der Waals surface area contributed by atoms with Crippen LogP contribution in [-0.2, 0) is 17.5 Å². The van der Waals surface area contributed by atoms with E-state index in [1.165, 1.54) is 12.1 Å². The first-order valence-electron chi connectivity index (χ1n) is 9.74. The number of carbonyl (C=O) groups is 1. The van der Waals surface area contributed by atoms with Gasteiger partial charge in [0, 0.05) is 12.2 Å². The van der Waals surface area contributed by atoms with Gasteiger partial charge in [-0.1, -0.05) is 30.3 Å². The molecule has 0 aromatic heterocycles. The molecule has 0 radical (unpaired) electrons. The molecule has 5 rings (SSSR count). The van der Waals surface area contributed by atoms with E-state index in [0.29, 0.717) is 37.7 Å². The van der Waals surface area contributed by atoms with Crippen LogP contribution in [0.25, 0.3) is 0 Å². The summed E-state index contributed by atoms with van der Waals surface area (Å²) in [5, 5.41) is 0. The molecule has 3 heterocycles. The molecule has 0 N–H and O–H groups in total. The van der Waals surface area contributed by atoms with Gasteiger partial charge in [-0.25, -0.2) is 0 Å². The summed E-state index contributed by atoms with van der Waals surface area (Å²) in [5.41, 5.74) is 2.69. The second kappa shape index (κ2) is 6.90. The summed E-state index contributed by atoms with van der Waals surface area (Å²) >= 11 is 0. The van der Waals surface area contributed by atoms with Gasteiger partial charge in [0.15, 0.2) is 0 Å². The number of fused-ring (bicyclic) bond motifs is 2. The van der Waals surface area contributed by atoms with Gasteiger partial charge in [-0.3, -0.25) is 14.7 Å². The van der Waals surface area contributed by atoms with Crippen molar-refractivity contribution in [2.75, 3.05) is 31.1 Å². The Balaban J connectivity index is 1.41. The molecule has 3 aliphatic rings. The molecule has 0 bridgehead atoms. The quantitative estimate of drug-likeness (QED) is 0.775. The van der Waals surface area contributed by atoms with Crippen LogP contribution in [0.5, 0.6) is 0 Å². The summed E-state index contributed by atoms with van der Waals surface area (Å²) < 4.78 is 38.5. The summed E-state index contributed by atoms with van der Waals surface area (Å²) in [5.74, 6) is 0.466. The molecule has 0 aliphatic carbocycles. The minimum Gasteiger partial charge on any atom is -0.361 e. The lowest BCUT2D eigenvalue weighted by molar-refractivity contribution is -0.137. The number of amides is 1. The fourth-order valence-electron chi connectivity index (χ4n) is 4.18. The number of carbonyl (C=O) groups excluding carboxylic acids is 1. The number of anilines is 1. The lowest BCUT2D eigenvalue weighted by Crippen LogP contribution is -2.49. The zero-order valence-corrected chi connectivity index (χ0v) is 16.1. The van der Waals surface area contributed by atoms with E-state index < -0.39 is 11.7 Å². The summed E-state index contributed by atoms with van der Waals surface area (Å²) in [4.78, 5) is 23.6. The van der Waals surface area contributed by atoms with E-state index in [9.17, 15) is 18.0 Å². The number of rotatable bonds is 3. The third-order valence-corrected chi connectivity index (χ3v) is 5.67. The predicted molar refractivity (Wildman–Crippen MR) is 107 cm³/mol. The number of benzene rings is 2. The van der Waals surface area contributed by atoms with E-state index in [2.05, 4.69) is 14.8 Å². The maximum Gasteiger partial charge on any atom is 0.416 e. The maximum atomic E-state index is 13.3. The van der Waals surface area contributed by atoms with E-state index >= 15 is 0 Å². The molecule has 0 unspecified atom stereocenters.